The maximum absolute atomic E-state index is 5.23. The van der Waals surface area contributed by atoms with Gasteiger partial charge in [-0.15, -0.1) is 0 Å². The first-order valence-corrected chi connectivity index (χ1v) is 5.97. The Morgan fingerprint density at radius 1 is 1.41 bits per heavy atom. The van der Waals surface area contributed by atoms with Gasteiger partial charge in [-0.05, 0) is 12.1 Å². The van der Waals surface area contributed by atoms with Crippen molar-refractivity contribution in [3.63, 3.8) is 0 Å². The first-order valence-electron chi connectivity index (χ1n) is 5.97. The third-order valence-electron chi connectivity index (χ3n) is 3.18. The number of rotatable bonds is 4. The van der Waals surface area contributed by atoms with Gasteiger partial charge in [-0.2, -0.15) is 0 Å². The van der Waals surface area contributed by atoms with Crippen LogP contribution in [-0.2, 0) is 11.3 Å². The molecule has 0 amide bonds. The summed E-state index contributed by atoms with van der Waals surface area (Å²) in [4.78, 5) is 7.84. The number of hydrogen-bond donors (Lipinski definition) is 2. The van der Waals surface area contributed by atoms with Crippen LogP contribution in [0.15, 0.2) is 24.3 Å². The van der Waals surface area contributed by atoms with Crippen LogP contribution in [0.4, 0.5) is 0 Å². The van der Waals surface area contributed by atoms with E-state index < -0.39 is 0 Å². The van der Waals surface area contributed by atoms with E-state index in [1.165, 1.54) is 0 Å². The van der Waals surface area contributed by atoms with Gasteiger partial charge in [-0.25, -0.2) is 4.98 Å². The Hall–Kier alpha value is -1.39. The molecule has 90 valence electrons. The Morgan fingerprint density at radius 3 is 2.94 bits per heavy atom. The number of nitrogens with zero attached hydrogens (tertiary/aromatic N) is 1. The topological polar surface area (TPSA) is 49.9 Å². The van der Waals surface area contributed by atoms with E-state index >= 15 is 0 Å². The molecule has 1 aliphatic rings. The Morgan fingerprint density at radius 2 is 2.24 bits per heavy atom. The van der Waals surface area contributed by atoms with Gasteiger partial charge in [-0.3, -0.25) is 0 Å². The number of H-pyrrole nitrogens is 1. The number of fused-ring (bicyclic) bond motifs is 1. The fraction of sp³-hybridized carbons (Fsp3) is 0.462. The smallest absolute Gasteiger partial charge is 0.121 e. The van der Waals surface area contributed by atoms with Crippen LogP contribution in [0.1, 0.15) is 12.7 Å². The second kappa shape index (κ2) is 4.13. The minimum absolute atomic E-state index is 0.312. The normalized spacial score (nSPS) is 18.2. The molecule has 1 aliphatic heterocycles. The molecule has 1 aromatic heterocycles. The Bertz CT molecular complexity index is 483. The second-order valence-corrected chi connectivity index (χ2v) is 5.11. The number of ether oxygens (including phenoxy) is 1. The van der Waals surface area contributed by atoms with Crippen molar-refractivity contribution in [2.45, 2.75) is 13.5 Å². The standard InChI is InChI=1S/C13H17N3O/c1-13(8-17-9-13)7-14-6-12-15-10-4-2-3-5-11(10)16-12/h2-5,14H,6-9H2,1H3,(H,15,16). The van der Waals surface area contributed by atoms with Crippen molar-refractivity contribution in [3.05, 3.63) is 30.1 Å². The molecular formula is C13H17N3O. The van der Waals surface area contributed by atoms with Gasteiger partial charge in [0.25, 0.3) is 0 Å². The Labute approximate surface area is 100 Å². The summed E-state index contributed by atoms with van der Waals surface area (Å²) in [5.41, 5.74) is 2.44. The molecule has 4 nitrogen and oxygen atoms in total. The van der Waals surface area contributed by atoms with E-state index in [9.17, 15) is 0 Å². The third kappa shape index (κ3) is 2.18. The van der Waals surface area contributed by atoms with Crippen LogP contribution in [0.5, 0.6) is 0 Å². The average molecular weight is 231 g/mol. The highest BCUT2D eigenvalue weighted by Gasteiger charge is 2.32. The van der Waals surface area contributed by atoms with E-state index in [0.717, 1.165) is 43.2 Å². The Kier molecular flexibility index (Phi) is 2.61. The van der Waals surface area contributed by atoms with Gasteiger partial charge in [-0.1, -0.05) is 19.1 Å². The molecule has 0 saturated carbocycles. The first-order chi connectivity index (χ1) is 8.25. The molecule has 0 radical (unpaired) electrons. The molecule has 0 spiro atoms. The summed E-state index contributed by atoms with van der Waals surface area (Å²) in [6.07, 6.45) is 0. The summed E-state index contributed by atoms with van der Waals surface area (Å²) < 4.78 is 5.23. The lowest BCUT2D eigenvalue weighted by Crippen LogP contribution is -2.47. The number of benzene rings is 1. The molecule has 2 aromatic rings. The van der Waals surface area contributed by atoms with Gasteiger partial charge in [0.1, 0.15) is 5.82 Å². The van der Waals surface area contributed by atoms with Crippen LogP contribution >= 0.6 is 0 Å². The molecule has 1 fully saturated rings. The van der Waals surface area contributed by atoms with E-state index in [1.54, 1.807) is 0 Å². The van der Waals surface area contributed by atoms with E-state index in [1.807, 2.05) is 24.3 Å². The monoisotopic (exact) mass is 231 g/mol. The predicted molar refractivity (Wildman–Crippen MR) is 66.7 cm³/mol. The van der Waals surface area contributed by atoms with Crippen molar-refractivity contribution < 1.29 is 4.74 Å². The summed E-state index contributed by atoms with van der Waals surface area (Å²) >= 11 is 0. The van der Waals surface area contributed by atoms with Gasteiger partial charge in [0.05, 0.1) is 30.8 Å². The lowest BCUT2D eigenvalue weighted by Gasteiger charge is -2.38. The van der Waals surface area contributed by atoms with Gasteiger partial charge in [0, 0.05) is 12.0 Å². The number of nitrogens with one attached hydrogen (secondary N) is 2. The van der Waals surface area contributed by atoms with Gasteiger partial charge >= 0.3 is 0 Å². The minimum atomic E-state index is 0.312. The van der Waals surface area contributed by atoms with Crippen molar-refractivity contribution in [2.75, 3.05) is 19.8 Å². The molecule has 2 N–H and O–H groups in total. The highest BCUT2D eigenvalue weighted by atomic mass is 16.5. The number of para-hydroxylation sites is 2. The molecule has 1 saturated heterocycles. The third-order valence-corrected chi connectivity index (χ3v) is 3.18. The van der Waals surface area contributed by atoms with Gasteiger partial charge in [0.15, 0.2) is 0 Å². The summed E-state index contributed by atoms with van der Waals surface area (Å²) in [6, 6.07) is 8.10. The number of aromatic amines is 1. The van der Waals surface area contributed by atoms with Crippen LogP contribution in [0.2, 0.25) is 0 Å². The molecule has 1 aromatic carbocycles. The van der Waals surface area contributed by atoms with Crippen LogP contribution in [-0.4, -0.2) is 29.7 Å². The fourth-order valence-corrected chi connectivity index (χ4v) is 2.12. The van der Waals surface area contributed by atoms with Gasteiger partial charge in [0.2, 0.25) is 0 Å². The zero-order valence-electron chi connectivity index (χ0n) is 9.99. The highest BCUT2D eigenvalue weighted by molar-refractivity contribution is 5.74. The molecular weight excluding hydrogens is 214 g/mol. The molecule has 0 atom stereocenters. The number of aromatic nitrogens is 2. The zero-order chi connectivity index (χ0) is 11.7. The summed E-state index contributed by atoms with van der Waals surface area (Å²) in [7, 11) is 0. The van der Waals surface area contributed by atoms with Crippen LogP contribution in [0.3, 0.4) is 0 Å². The molecule has 2 heterocycles. The summed E-state index contributed by atoms with van der Waals surface area (Å²) in [6.45, 7) is 5.72. The molecule has 0 unspecified atom stereocenters. The lowest BCUT2D eigenvalue weighted by molar-refractivity contribution is -0.0992. The minimum Gasteiger partial charge on any atom is -0.380 e. The molecule has 17 heavy (non-hydrogen) atoms. The van der Waals surface area contributed by atoms with Crippen molar-refractivity contribution >= 4 is 11.0 Å². The number of imidazole rings is 1. The maximum Gasteiger partial charge on any atom is 0.121 e. The van der Waals surface area contributed by atoms with Gasteiger partial charge < -0.3 is 15.0 Å². The zero-order valence-corrected chi connectivity index (χ0v) is 9.99. The molecule has 4 heteroatoms. The molecule has 0 aliphatic carbocycles. The van der Waals surface area contributed by atoms with E-state index in [2.05, 4.69) is 22.2 Å². The lowest BCUT2D eigenvalue weighted by atomic mass is 9.89. The number of hydrogen-bond acceptors (Lipinski definition) is 3. The van der Waals surface area contributed by atoms with Crippen LogP contribution < -0.4 is 5.32 Å². The highest BCUT2D eigenvalue weighted by Crippen LogP contribution is 2.25. The van der Waals surface area contributed by atoms with E-state index in [-0.39, 0.29) is 0 Å². The van der Waals surface area contributed by atoms with Crippen molar-refractivity contribution in [1.29, 1.82) is 0 Å². The van der Waals surface area contributed by atoms with Crippen molar-refractivity contribution in [1.82, 2.24) is 15.3 Å². The largest absolute Gasteiger partial charge is 0.380 e. The quantitative estimate of drug-likeness (QED) is 0.842. The molecule has 3 rings (SSSR count). The second-order valence-electron chi connectivity index (χ2n) is 5.11. The first kappa shape index (κ1) is 10.7. The predicted octanol–water partition coefficient (Wildman–Crippen LogP) is 1.69. The Balaban J connectivity index is 1.61. The summed E-state index contributed by atoms with van der Waals surface area (Å²) in [5, 5.41) is 3.43. The van der Waals surface area contributed by atoms with E-state index in [0.29, 0.717) is 5.41 Å². The van der Waals surface area contributed by atoms with Crippen LogP contribution in [0, 0.1) is 5.41 Å². The maximum atomic E-state index is 5.23. The van der Waals surface area contributed by atoms with E-state index in [4.69, 9.17) is 4.74 Å². The SMILES string of the molecule is CC1(CNCc2nc3ccccc3[nH]2)COC1. The van der Waals surface area contributed by atoms with Crippen LogP contribution in [0.25, 0.3) is 11.0 Å². The van der Waals surface area contributed by atoms with Crippen molar-refractivity contribution in [2.24, 2.45) is 5.41 Å². The molecule has 0 bridgehead atoms. The average Bonchev–Trinajstić information content (AvgIpc) is 2.69. The fourth-order valence-electron chi connectivity index (χ4n) is 2.12. The summed E-state index contributed by atoms with van der Waals surface area (Å²) in [5.74, 6) is 0.995. The van der Waals surface area contributed by atoms with Crippen molar-refractivity contribution in [3.8, 4) is 0 Å².